The molecule has 0 atom stereocenters. The molecule has 0 aliphatic heterocycles. The van der Waals surface area contributed by atoms with Gasteiger partial charge in [-0.1, -0.05) is 0 Å². The molecule has 0 saturated carbocycles. The molecule has 0 aliphatic rings. The smallest absolute Gasteiger partial charge is 0.279 e. The summed E-state index contributed by atoms with van der Waals surface area (Å²) in [4.78, 5) is 0. The molecule has 0 rings (SSSR count). The van der Waals surface area contributed by atoms with Crippen molar-refractivity contribution in [3.8, 4) is 0 Å². The fraction of sp³-hybridized carbons (Fsp3) is 1.00. The third kappa shape index (κ3) is 9.86. The van der Waals surface area contributed by atoms with Gasteiger partial charge in [-0.15, -0.1) is 0 Å². The Morgan fingerprint density at radius 3 is 0.706 bits per heavy atom. The van der Waals surface area contributed by atoms with E-state index in [1.54, 1.807) is 0 Å². The van der Waals surface area contributed by atoms with E-state index in [1.807, 2.05) is 0 Å². The van der Waals surface area contributed by atoms with Crippen molar-refractivity contribution in [2.45, 2.75) is 11.0 Å². The second-order valence-electron chi connectivity index (χ2n) is 1.84. The molecule has 0 bridgehead atoms. The third-order valence-electron chi connectivity index (χ3n) is 0.585. The second-order valence-corrected chi connectivity index (χ2v) is 4.67. The van der Waals surface area contributed by atoms with Crippen molar-refractivity contribution in [3.05, 3.63) is 0 Å². The largest absolute Gasteiger partial charge is 2.00 e. The van der Waals surface area contributed by atoms with Crippen LogP contribution < -0.4 is 0 Å². The van der Waals surface area contributed by atoms with Crippen molar-refractivity contribution >= 4 is 44.1 Å². The van der Waals surface area contributed by atoms with Crippen LogP contribution in [-0.4, -0.2) is 60.9 Å². The summed E-state index contributed by atoms with van der Waals surface area (Å²) >= 11 is 0. The maximum Gasteiger partial charge on any atom is 2.00 e. The molecule has 0 saturated heterocycles. The normalized spacial score (nSPS) is 13.2. The monoisotopic (exact) mass is 420 g/mol. The molecule has 0 aromatic heterocycles. The van der Waals surface area contributed by atoms with Gasteiger partial charge in [-0.2, -0.15) is 43.2 Å². The van der Waals surface area contributed by atoms with Crippen LogP contribution in [0.1, 0.15) is 0 Å². The van der Waals surface area contributed by atoms with E-state index in [0.29, 0.717) is 0 Å². The van der Waals surface area contributed by atoms with Crippen LogP contribution in [0.4, 0.5) is 26.3 Å². The van der Waals surface area contributed by atoms with Crippen LogP contribution in [0.25, 0.3) is 0 Å². The van der Waals surface area contributed by atoms with Gasteiger partial charge in [0.1, 0.15) is 0 Å². The summed E-state index contributed by atoms with van der Waals surface area (Å²) in [6.45, 7) is 0. The molecule has 0 aromatic carbocycles. The maximum absolute atomic E-state index is 10.7. The van der Waals surface area contributed by atoms with Crippen molar-refractivity contribution in [2.75, 3.05) is 0 Å². The van der Waals surface area contributed by atoms with Gasteiger partial charge in [-0.05, 0) is 0 Å². The van der Waals surface area contributed by atoms with Crippen LogP contribution in [0.15, 0.2) is 0 Å². The van der Waals surface area contributed by atoms with E-state index >= 15 is 0 Å². The summed E-state index contributed by atoms with van der Waals surface area (Å²) in [5.41, 5.74) is -11.1. The Hall–Kier alpha value is 0.199. The first-order valence-electron chi connectivity index (χ1n) is 2.57. The Balaban J connectivity index is -0.000000218. The molecule has 2 radical (unpaired) electrons. The minimum atomic E-state index is -5.84. The molecule has 102 valence electrons. The molecular weight excluding hydrogens is 417 g/mol. The van der Waals surface area contributed by atoms with Crippen LogP contribution in [0.3, 0.4) is 0 Å². The molecule has 0 aliphatic carbocycles. The van der Waals surface area contributed by atoms with Gasteiger partial charge in [0.2, 0.25) is 0 Å². The second kappa shape index (κ2) is 6.39. The first-order valence-corrected chi connectivity index (χ1v) is 5.45. The molecule has 0 amide bonds. The van der Waals surface area contributed by atoms with Gasteiger partial charge in [0.15, 0.2) is 0 Å². The first kappa shape index (κ1) is 22.4. The van der Waals surface area contributed by atoms with Crippen LogP contribution in [0.5, 0.6) is 0 Å². The van der Waals surface area contributed by atoms with Gasteiger partial charge in [-0.3, -0.25) is 9.11 Å². The summed E-state index contributed by atoms with van der Waals surface area (Å²) in [7, 11) is -11.7. The summed E-state index contributed by atoms with van der Waals surface area (Å²) in [5, 5.41) is 0. The Morgan fingerprint density at radius 2 is 0.706 bits per heavy atom. The molecule has 2 N–H and O–H groups in total. The van der Waals surface area contributed by atoms with Gasteiger partial charge >= 0.3 is 55.2 Å². The SMILES string of the molecule is O=S(=O)(O)C(F)(F)F.O=S(=O)(O)C(F)(F)F.[Sn+2]. The van der Waals surface area contributed by atoms with Crippen LogP contribution in [0.2, 0.25) is 0 Å². The van der Waals surface area contributed by atoms with Crippen molar-refractivity contribution < 1.29 is 52.3 Å². The zero-order chi connectivity index (χ0) is 14.0. The van der Waals surface area contributed by atoms with Crippen molar-refractivity contribution in [3.63, 3.8) is 0 Å². The van der Waals surface area contributed by atoms with Crippen molar-refractivity contribution in [1.82, 2.24) is 0 Å². The first-order chi connectivity index (χ1) is 6.50. The molecule has 17 heavy (non-hydrogen) atoms. The Bertz CT molecular complexity index is 374. The van der Waals surface area contributed by atoms with E-state index in [2.05, 4.69) is 0 Å². The van der Waals surface area contributed by atoms with E-state index in [1.165, 1.54) is 0 Å². The standard InChI is InChI=1S/2CHF3O3S.Sn/c2*2-1(3,4)8(5,6)7;/h2*(H,5,6,7);/q;;+2. The number of hydrogen-bond donors (Lipinski definition) is 2. The average Bonchev–Trinajstić information content (AvgIpc) is 1.77. The minimum absolute atomic E-state index is 0. The van der Waals surface area contributed by atoms with E-state index < -0.39 is 31.3 Å². The fourth-order valence-corrected chi connectivity index (χ4v) is 0. The molecular formula is C2H2F6O6S2Sn+2. The Labute approximate surface area is 107 Å². The summed E-state index contributed by atoms with van der Waals surface area (Å²) in [5.74, 6) is 0. The Morgan fingerprint density at radius 1 is 0.647 bits per heavy atom. The molecule has 15 heteroatoms. The van der Waals surface area contributed by atoms with Gasteiger partial charge < -0.3 is 0 Å². The summed E-state index contributed by atoms with van der Waals surface area (Å²) in [6.07, 6.45) is 0. The average molecular weight is 419 g/mol. The van der Waals surface area contributed by atoms with E-state index in [0.717, 1.165) is 0 Å². The zero-order valence-electron chi connectivity index (χ0n) is 7.11. The van der Waals surface area contributed by atoms with Crippen LogP contribution in [-0.2, 0) is 20.2 Å². The molecule has 0 unspecified atom stereocenters. The molecule has 0 spiro atoms. The van der Waals surface area contributed by atoms with Crippen molar-refractivity contribution in [1.29, 1.82) is 0 Å². The topological polar surface area (TPSA) is 109 Å². The van der Waals surface area contributed by atoms with Gasteiger partial charge in [-0.25, -0.2) is 0 Å². The molecule has 0 fully saturated rings. The van der Waals surface area contributed by atoms with E-state index in [-0.39, 0.29) is 23.9 Å². The van der Waals surface area contributed by atoms with E-state index in [9.17, 15) is 26.3 Å². The van der Waals surface area contributed by atoms with E-state index in [4.69, 9.17) is 25.9 Å². The number of alkyl halides is 6. The van der Waals surface area contributed by atoms with Gasteiger partial charge in [0.25, 0.3) is 0 Å². The quantitative estimate of drug-likeness (QED) is 0.255. The van der Waals surface area contributed by atoms with Crippen LogP contribution in [0, 0.1) is 0 Å². The molecule has 0 aromatic rings. The third-order valence-corrected chi connectivity index (χ3v) is 1.75. The van der Waals surface area contributed by atoms with Gasteiger partial charge in [0.05, 0.1) is 0 Å². The maximum atomic E-state index is 10.7. The summed E-state index contributed by atoms with van der Waals surface area (Å²) in [6, 6.07) is 0. The minimum Gasteiger partial charge on any atom is -0.279 e. The number of halogens is 6. The molecule has 6 nitrogen and oxygen atoms in total. The zero-order valence-corrected chi connectivity index (χ0v) is 11.6. The fourth-order valence-electron chi connectivity index (χ4n) is 0. The predicted octanol–water partition coefficient (Wildman–Crippen LogP) is 0.407. The number of rotatable bonds is 0. The molecule has 0 heterocycles. The summed E-state index contributed by atoms with van der Waals surface area (Å²) < 4.78 is 115. The van der Waals surface area contributed by atoms with Crippen LogP contribution >= 0.6 is 0 Å². The van der Waals surface area contributed by atoms with Crippen molar-refractivity contribution in [2.24, 2.45) is 0 Å². The Kier molecular flexibility index (Phi) is 8.41. The predicted molar refractivity (Wildman–Crippen MR) is 41.0 cm³/mol. The number of hydrogen-bond acceptors (Lipinski definition) is 4. The van der Waals surface area contributed by atoms with Gasteiger partial charge in [0, 0.05) is 0 Å².